The highest BCUT2D eigenvalue weighted by Crippen LogP contribution is 2.39. The van der Waals surface area contributed by atoms with Gasteiger partial charge < -0.3 is 18.8 Å². The van der Waals surface area contributed by atoms with Crippen molar-refractivity contribution >= 4 is 22.8 Å². The first-order chi connectivity index (χ1) is 17.3. The van der Waals surface area contributed by atoms with Gasteiger partial charge in [0, 0.05) is 6.54 Å². The molecule has 0 radical (unpaired) electrons. The highest BCUT2D eigenvalue weighted by Gasteiger charge is 2.42. The van der Waals surface area contributed by atoms with Crippen LogP contribution in [0.2, 0.25) is 0 Å². The van der Waals surface area contributed by atoms with E-state index in [0.717, 1.165) is 16.7 Å². The second-order valence-corrected chi connectivity index (χ2v) is 8.90. The summed E-state index contributed by atoms with van der Waals surface area (Å²) in [4.78, 5) is 41.0. The largest absolute Gasteiger partial charge is 0.497 e. The minimum absolute atomic E-state index is 0.0475. The maximum Gasteiger partial charge on any atom is 0.337 e. The number of benzene rings is 3. The fourth-order valence-electron chi connectivity index (χ4n) is 4.63. The first-order valence-electron chi connectivity index (χ1n) is 11.5. The fraction of sp³-hybridized carbons (Fsp3) is 0.207. The van der Waals surface area contributed by atoms with E-state index in [0.29, 0.717) is 33.4 Å². The Bertz CT molecular complexity index is 1550. The Hall–Kier alpha value is -4.39. The average Bonchev–Trinajstić information content (AvgIpc) is 3.16. The van der Waals surface area contributed by atoms with Crippen molar-refractivity contribution in [3.63, 3.8) is 0 Å². The van der Waals surface area contributed by atoms with Crippen LogP contribution < -0.4 is 10.2 Å². The van der Waals surface area contributed by atoms with Gasteiger partial charge in [0.05, 0.1) is 36.8 Å². The van der Waals surface area contributed by atoms with Gasteiger partial charge >= 0.3 is 5.97 Å². The standard InChI is InChI=1S/C29H25NO6/c1-16-13-22-23(14-17(16)2)36-27-24(26(22)31)25(19-7-9-20(10-8-19)29(33)35-4)30(28(27)32)15-18-5-11-21(34-3)12-6-18/h5-14,25H,15H2,1-4H3/t25-/m0/s1. The summed E-state index contributed by atoms with van der Waals surface area (Å²) in [5, 5.41) is 0.437. The molecule has 1 aliphatic heterocycles. The molecule has 7 nitrogen and oxygen atoms in total. The molecule has 0 aliphatic carbocycles. The van der Waals surface area contributed by atoms with E-state index in [2.05, 4.69) is 0 Å². The van der Waals surface area contributed by atoms with Crippen molar-refractivity contribution in [1.29, 1.82) is 0 Å². The average molecular weight is 484 g/mol. The van der Waals surface area contributed by atoms with Crippen molar-refractivity contribution in [2.45, 2.75) is 26.4 Å². The first-order valence-corrected chi connectivity index (χ1v) is 11.5. The fourth-order valence-corrected chi connectivity index (χ4v) is 4.63. The number of nitrogens with zero attached hydrogens (tertiary/aromatic N) is 1. The predicted molar refractivity (Wildman–Crippen MR) is 134 cm³/mol. The molecule has 0 bridgehead atoms. The van der Waals surface area contributed by atoms with Crippen molar-refractivity contribution in [3.05, 3.63) is 110 Å². The molecule has 0 saturated heterocycles. The Labute approximate surface area is 207 Å². The quantitative estimate of drug-likeness (QED) is 0.374. The van der Waals surface area contributed by atoms with E-state index >= 15 is 0 Å². The molecule has 7 heteroatoms. The number of fused-ring (bicyclic) bond motifs is 2. The number of ether oxygens (including phenoxy) is 2. The van der Waals surface area contributed by atoms with Crippen LogP contribution in [0, 0.1) is 13.8 Å². The highest BCUT2D eigenvalue weighted by molar-refractivity contribution is 5.99. The maximum absolute atomic E-state index is 13.8. The number of hydrogen-bond donors (Lipinski definition) is 0. The van der Waals surface area contributed by atoms with Crippen LogP contribution in [0.15, 0.2) is 69.9 Å². The second kappa shape index (κ2) is 9.00. The molecule has 0 N–H and O–H groups in total. The molecule has 4 aromatic rings. The van der Waals surface area contributed by atoms with Crippen LogP contribution in [0.4, 0.5) is 0 Å². The molecule has 182 valence electrons. The molecular formula is C29H25NO6. The predicted octanol–water partition coefficient (Wildman–Crippen LogP) is 4.95. The lowest BCUT2D eigenvalue weighted by Gasteiger charge is -2.25. The number of rotatable bonds is 5. The third-order valence-electron chi connectivity index (χ3n) is 6.74. The summed E-state index contributed by atoms with van der Waals surface area (Å²) in [6.45, 7) is 4.13. The van der Waals surface area contributed by atoms with Crippen LogP contribution in [0.5, 0.6) is 5.75 Å². The lowest BCUT2D eigenvalue weighted by Crippen LogP contribution is -2.29. The van der Waals surface area contributed by atoms with Crippen molar-refractivity contribution in [1.82, 2.24) is 4.90 Å². The minimum Gasteiger partial charge on any atom is -0.497 e. The summed E-state index contributed by atoms with van der Waals surface area (Å²) in [6.07, 6.45) is 0. The first kappa shape index (κ1) is 23.4. The SMILES string of the molecule is COC(=O)c1ccc([C@H]2c3c(oc4cc(C)c(C)cc4c3=O)C(=O)N2Cc2ccc(OC)cc2)cc1. The van der Waals surface area contributed by atoms with Gasteiger partial charge in [-0.2, -0.15) is 0 Å². The molecule has 3 aromatic carbocycles. The van der Waals surface area contributed by atoms with Gasteiger partial charge in [-0.05, 0) is 72.5 Å². The van der Waals surface area contributed by atoms with Crippen LogP contribution in [-0.4, -0.2) is 31.0 Å². The van der Waals surface area contributed by atoms with E-state index in [1.165, 1.54) is 7.11 Å². The Morgan fingerprint density at radius 2 is 1.61 bits per heavy atom. The minimum atomic E-state index is -0.677. The number of amides is 1. The zero-order chi connectivity index (χ0) is 25.6. The lowest BCUT2D eigenvalue weighted by atomic mass is 9.96. The third kappa shape index (κ3) is 3.82. The molecule has 0 spiro atoms. The highest BCUT2D eigenvalue weighted by atomic mass is 16.5. The molecule has 2 heterocycles. The molecule has 0 fully saturated rings. The number of esters is 1. The Balaban J connectivity index is 1.68. The summed E-state index contributed by atoms with van der Waals surface area (Å²) < 4.78 is 16.1. The van der Waals surface area contributed by atoms with Crippen LogP contribution in [0.1, 0.15) is 54.8 Å². The number of hydrogen-bond acceptors (Lipinski definition) is 6. The van der Waals surface area contributed by atoms with Crippen molar-refractivity contribution in [2.24, 2.45) is 0 Å². The smallest absolute Gasteiger partial charge is 0.337 e. The van der Waals surface area contributed by atoms with Crippen molar-refractivity contribution < 1.29 is 23.5 Å². The van der Waals surface area contributed by atoms with Crippen LogP contribution in [0.25, 0.3) is 11.0 Å². The van der Waals surface area contributed by atoms with Gasteiger partial charge in [-0.25, -0.2) is 4.79 Å². The molecule has 1 amide bonds. The molecular weight excluding hydrogens is 458 g/mol. The maximum atomic E-state index is 13.8. The molecule has 36 heavy (non-hydrogen) atoms. The summed E-state index contributed by atoms with van der Waals surface area (Å²) in [5.41, 5.74) is 4.34. The normalized spacial score (nSPS) is 14.7. The van der Waals surface area contributed by atoms with Gasteiger partial charge in [-0.1, -0.05) is 24.3 Å². The summed E-state index contributed by atoms with van der Waals surface area (Å²) in [6, 6.07) is 17.1. The Kier molecular flexibility index (Phi) is 5.84. The van der Waals surface area contributed by atoms with E-state index < -0.39 is 12.0 Å². The molecule has 5 rings (SSSR count). The topological polar surface area (TPSA) is 86.0 Å². The van der Waals surface area contributed by atoms with Gasteiger partial charge in [-0.15, -0.1) is 0 Å². The molecule has 1 atom stereocenters. The van der Waals surface area contributed by atoms with Gasteiger partial charge in [-0.3, -0.25) is 9.59 Å². The summed E-state index contributed by atoms with van der Waals surface area (Å²) in [7, 11) is 2.91. The van der Waals surface area contributed by atoms with Crippen LogP contribution in [-0.2, 0) is 11.3 Å². The van der Waals surface area contributed by atoms with E-state index in [1.54, 1.807) is 42.3 Å². The summed E-state index contributed by atoms with van der Waals surface area (Å²) >= 11 is 0. The monoisotopic (exact) mass is 483 g/mol. The molecule has 0 unspecified atom stereocenters. The second-order valence-electron chi connectivity index (χ2n) is 8.90. The number of aryl methyl sites for hydroxylation is 2. The Morgan fingerprint density at radius 3 is 2.25 bits per heavy atom. The number of carbonyl (C=O) groups is 2. The van der Waals surface area contributed by atoms with E-state index in [1.807, 2.05) is 44.2 Å². The van der Waals surface area contributed by atoms with E-state index in [9.17, 15) is 14.4 Å². The van der Waals surface area contributed by atoms with Crippen molar-refractivity contribution in [2.75, 3.05) is 14.2 Å². The molecule has 1 aromatic heterocycles. The van der Waals surface area contributed by atoms with Gasteiger partial charge in [0.25, 0.3) is 5.91 Å². The number of carbonyl (C=O) groups excluding carboxylic acids is 2. The van der Waals surface area contributed by atoms with Crippen LogP contribution in [0.3, 0.4) is 0 Å². The lowest BCUT2D eigenvalue weighted by molar-refractivity contribution is 0.0599. The molecule has 0 saturated carbocycles. The zero-order valence-corrected chi connectivity index (χ0v) is 20.5. The van der Waals surface area contributed by atoms with Gasteiger partial charge in [0.15, 0.2) is 5.43 Å². The third-order valence-corrected chi connectivity index (χ3v) is 6.74. The van der Waals surface area contributed by atoms with Gasteiger partial charge in [0.2, 0.25) is 5.76 Å². The van der Waals surface area contributed by atoms with Crippen LogP contribution >= 0.6 is 0 Å². The number of methoxy groups -OCH3 is 2. The van der Waals surface area contributed by atoms with Gasteiger partial charge in [0.1, 0.15) is 11.3 Å². The Morgan fingerprint density at radius 1 is 0.944 bits per heavy atom. The zero-order valence-electron chi connectivity index (χ0n) is 20.5. The molecule has 1 aliphatic rings. The summed E-state index contributed by atoms with van der Waals surface area (Å²) in [5.74, 6) is -0.0687. The van der Waals surface area contributed by atoms with E-state index in [-0.39, 0.29) is 23.6 Å². The van der Waals surface area contributed by atoms with E-state index in [4.69, 9.17) is 13.9 Å². The van der Waals surface area contributed by atoms with Crippen molar-refractivity contribution in [3.8, 4) is 5.75 Å².